The summed E-state index contributed by atoms with van der Waals surface area (Å²) < 4.78 is 2.00. The second kappa shape index (κ2) is 9.43. The van der Waals surface area contributed by atoms with Gasteiger partial charge in [-0.2, -0.15) is 0 Å². The highest BCUT2D eigenvalue weighted by Gasteiger charge is 2.28. The number of carbonyl (C=O) groups is 1. The van der Waals surface area contributed by atoms with Crippen molar-refractivity contribution < 1.29 is 4.79 Å². The highest BCUT2D eigenvalue weighted by atomic mass is 32.2. The Hall–Kier alpha value is -2.67. The first-order valence-electron chi connectivity index (χ1n) is 10.5. The first kappa shape index (κ1) is 20.6. The van der Waals surface area contributed by atoms with Gasteiger partial charge < -0.3 is 5.32 Å². The third-order valence-corrected chi connectivity index (χ3v) is 6.90. The molecule has 3 atom stereocenters. The van der Waals surface area contributed by atoms with E-state index in [2.05, 4.69) is 34.3 Å². The molecule has 1 N–H and O–H groups in total. The van der Waals surface area contributed by atoms with Gasteiger partial charge in [-0.15, -0.1) is 10.2 Å². The second-order valence-corrected chi connectivity index (χ2v) is 8.89. The molecule has 0 spiro atoms. The summed E-state index contributed by atoms with van der Waals surface area (Å²) in [6.07, 6.45) is 6.98. The molecular weight excluding hydrogens is 394 g/mol. The Morgan fingerprint density at radius 2 is 1.87 bits per heavy atom. The number of para-hydroxylation sites is 1. The lowest BCUT2D eigenvalue weighted by molar-refractivity contribution is -0.120. The summed E-state index contributed by atoms with van der Waals surface area (Å²) in [5, 5.41) is 12.7. The zero-order valence-electron chi connectivity index (χ0n) is 17.4. The summed E-state index contributed by atoms with van der Waals surface area (Å²) in [7, 11) is 0. The third-order valence-electron chi connectivity index (χ3n) is 5.97. The SMILES string of the molecule is CC1CCCC(NC(=O)CSc2nnc(-c3ccncc3)n2-c2ccccc2)C1C. The lowest BCUT2D eigenvalue weighted by Gasteiger charge is -2.34. The number of nitrogens with one attached hydrogen (secondary N) is 1. The van der Waals surface area contributed by atoms with Crippen molar-refractivity contribution in [2.24, 2.45) is 11.8 Å². The number of benzene rings is 1. The van der Waals surface area contributed by atoms with Crippen molar-refractivity contribution in [3.63, 3.8) is 0 Å². The van der Waals surface area contributed by atoms with Crippen molar-refractivity contribution in [1.29, 1.82) is 0 Å². The number of rotatable bonds is 6. The van der Waals surface area contributed by atoms with Gasteiger partial charge in [0, 0.05) is 29.7 Å². The van der Waals surface area contributed by atoms with Gasteiger partial charge in [0.25, 0.3) is 0 Å². The Labute approximate surface area is 181 Å². The van der Waals surface area contributed by atoms with Crippen LogP contribution in [0.3, 0.4) is 0 Å². The van der Waals surface area contributed by atoms with Gasteiger partial charge in [-0.1, -0.05) is 56.7 Å². The van der Waals surface area contributed by atoms with E-state index in [1.807, 2.05) is 47.0 Å². The molecule has 6 nitrogen and oxygen atoms in total. The van der Waals surface area contributed by atoms with E-state index >= 15 is 0 Å². The molecule has 2 heterocycles. The lowest BCUT2D eigenvalue weighted by atomic mass is 9.78. The summed E-state index contributed by atoms with van der Waals surface area (Å²) in [6, 6.07) is 14.1. The second-order valence-electron chi connectivity index (χ2n) is 7.94. The van der Waals surface area contributed by atoms with Crippen LogP contribution in [0.5, 0.6) is 0 Å². The molecule has 1 aliphatic rings. The van der Waals surface area contributed by atoms with E-state index in [0.29, 0.717) is 22.7 Å². The van der Waals surface area contributed by atoms with E-state index < -0.39 is 0 Å². The molecule has 0 bridgehead atoms. The number of amides is 1. The van der Waals surface area contributed by atoms with Crippen LogP contribution in [0.2, 0.25) is 0 Å². The highest BCUT2D eigenvalue weighted by molar-refractivity contribution is 7.99. The molecule has 0 aliphatic heterocycles. The van der Waals surface area contributed by atoms with Gasteiger partial charge >= 0.3 is 0 Å². The van der Waals surface area contributed by atoms with Crippen molar-refractivity contribution in [3.05, 3.63) is 54.9 Å². The van der Waals surface area contributed by atoms with E-state index in [9.17, 15) is 4.79 Å². The molecule has 1 aromatic carbocycles. The van der Waals surface area contributed by atoms with Crippen molar-refractivity contribution in [1.82, 2.24) is 25.1 Å². The molecule has 156 valence electrons. The van der Waals surface area contributed by atoms with Crippen LogP contribution >= 0.6 is 11.8 Å². The Bertz CT molecular complexity index is 976. The fourth-order valence-electron chi connectivity index (χ4n) is 4.03. The number of aromatic nitrogens is 4. The molecule has 30 heavy (non-hydrogen) atoms. The van der Waals surface area contributed by atoms with Crippen LogP contribution in [0.15, 0.2) is 60.0 Å². The van der Waals surface area contributed by atoms with Crippen molar-refractivity contribution in [2.75, 3.05) is 5.75 Å². The molecule has 1 aliphatic carbocycles. The molecule has 3 aromatic rings. The standard InChI is InChI=1S/C23H27N5OS/c1-16-7-6-10-20(17(16)2)25-21(29)15-30-23-27-26-22(18-11-13-24-14-12-18)28(23)19-8-4-3-5-9-19/h3-5,8-9,11-14,16-17,20H,6-7,10,15H2,1-2H3,(H,25,29). The fraction of sp³-hybridized carbons (Fsp3) is 0.391. The molecule has 4 rings (SSSR count). The van der Waals surface area contributed by atoms with E-state index in [-0.39, 0.29) is 11.9 Å². The average Bonchev–Trinajstić information content (AvgIpc) is 3.21. The van der Waals surface area contributed by atoms with Gasteiger partial charge in [0.1, 0.15) is 0 Å². The Balaban J connectivity index is 1.52. The Kier molecular flexibility index (Phi) is 6.47. The van der Waals surface area contributed by atoms with Gasteiger partial charge in [-0.3, -0.25) is 14.3 Å². The number of carbonyl (C=O) groups excluding carboxylic acids is 1. The van der Waals surface area contributed by atoms with Crippen LogP contribution in [0, 0.1) is 11.8 Å². The molecule has 7 heteroatoms. The van der Waals surface area contributed by atoms with E-state index in [0.717, 1.165) is 23.5 Å². The molecule has 1 amide bonds. The predicted molar refractivity (Wildman–Crippen MR) is 119 cm³/mol. The van der Waals surface area contributed by atoms with Gasteiger partial charge in [-0.05, 0) is 42.5 Å². The van der Waals surface area contributed by atoms with Crippen LogP contribution in [-0.2, 0) is 4.79 Å². The van der Waals surface area contributed by atoms with Crippen LogP contribution in [0.25, 0.3) is 17.1 Å². The minimum absolute atomic E-state index is 0.0547. The number of nitrogens with zero attached hydrogens (tertiary/aromatic N) is 4. The van der Waals surface area contributed by atoms with E-state index in [1.165, 1.54) is 24.6 Å². The monoisotopic (exact) mass is 421 g/mol. The number of thioether (sulfide) groups is 1. The maximum absolute atomic E-state index is 12.7. The van der Waals surface area contributed by atoms with Crippen LogP contribution in [0.1, 0.15) is 33.1 Å². The molecule has 3 unspecified atom stereocenters. The summed E-state index contributed by atoms with van der Waals surface area (Å²) in [6.45, 7) is 4.52. The Morgan fingerprint density at radius 1 is 1.10 bits per heavy atom. The maximum atomic E-state index is 12.7. The lowest BCUT2D eigenvalue weighted by Crippen LogP contribution is -2.44. The topological polar surface area (TPSA) is 72.7 Å². The zero-order chi connectivity index (χ0) is 20.9. The minimum atomic E-state index is 0.0547. The van der Waals surface area contributed by atoms with Crippen molar-refractivity contribution in [2.45, 2.75) is 44.3 Å². The summed E-state index contributed by atoms with van der Waals surface area (Å²) in [5.74, 6) is 2.28. The number of pyridine rings is 1. The van der Waals surface area contributed by atoms with Gasteiger partial charge in [0.05, 0.1) is 5.75 Å². The fourth-order valence-corrected chi connectivity index (χ4v) is 4.79. The molecule has 1 fully saturated rings. The third kappa shape index (κ3) is 4.56. The number of hydrogen-bond donors (Lipinski definition) is 1. The quantitative estimate of drug-likeness (QED) is 0.599. The largest absolute Gasteiger partial charge is 0.352 e. The highest BCUT2D eigenvalue weighted by Crippen LogP contribution is 2.30. The molecular formula is C23H27N5OS. The first-order chi connectivity index (χ1) is 14.6. The number of hydrogen-bond acceptors (Lipinski definition) is 5. The average molecular weight is 422 g/mol. The smallest absolute Gasteiger partial charge is 0.230 e. The molecule has 2 aromatic heterocycles. The molecule has 0 radical (unpaired) electrons. The Morgan fingerprint density at radius 3 is 2.63 bits per heavy atom. The first-order valence-corrected chi connectivity index (χ1v) is 11.5. The summed E-state index contributed by atoms with van der Waals surface area (Å²) in [5.41, 5.74) is 1.90. The van der Waals surface area contributed by atoms with E-state index in [4.69, 9.17) is 0 Å². The normalized spacial score (nSPS) is 21.3. The predicted octanol–water partition coefficient (Wildman–Crippen LogP) is 4.36. The van der Waals surface area contributed by atoms with Gasteiger partial charge in [0.2, 0.25) is 5.91 Å². The van der Waals surface area contributed by atoms with E-state index in [1.54, 1.807) is 12.4 Å². The summed E-state index contributed by atoms with van der Waals surface area (Å²) in [4.78, 5) is 16.8. The molecule has 1 saturated carbocycles. The van der Waals surface area contributed by atoms with Crippen molar-refractivity contribution >= 4 is 17.7 Å². The van der Waals surface area contributed by atoms with Gasteiger partial charge in [0.15, 0.2) is 11.0 Å². The summed E-state index contributed by atoms with van der Waals surface area (Å²) >= 11 is 1.42. The molecule has 0 saturated heterocycles. The van der Waals surface area contributed by atoms with Crippen LogP contribution < -0.4 is 5.32 Å². The van der Waals surface area contributed by atoms with Gasteiger partial charge in [-0.25, -0.2) is 0 Å². The van der Waals surface area contributed by atoms with Crippen LogP contribution in [0.4, 0.5) is 0 Å². The maximum Gasteiger partial charge on any atom is 0.230 e. The van der Waals surface area contributed by atoms with Crippen LogP contribution in [-0.4, -0.2) is 37.5 Å². The van der Waals surface area contributed by atoms with Crippen molar-refractivity contribution in [3.8, 4) is 17.1 Å². The zero-order valence-corrected chi connectivity index (χ0v) is 18.2. The minimum Gasteiger partial charge on any atom is -0.352 e.